The van der Waals surface area contributed by atoms with Gasteiger partial charge in [-0.25, -0.2) is 0 Å². The maximum absolute atomic E-state index is 13.1. The van der Waals surface area contributed by atoms with Gasteiger partial charge in [0.15, 0.2) is 11.5 Å². The van der Waals surface area contributed by atoms with Crippen LogP contribution in [0.4, 0.5) is 5.69 Å². The van der Waals surface area contributed by atoms with Crippen molar-refractivity contribution < 1.29 is 19.4 Å². The summed E-state index contributed by atoms with van der Waals surface area (Å²) in [5.41, 5.74) is 1.74. The number of piperidine rings is 1. The van der Waals surface area contributed by atoms with Gasteiger partial charge in [-0.05, 0) is 31.0 Å². The van der Waals surface area contributed by atoms with Crippen molar-refractivity contribution in [3.05, 3.63) is 48.0 Å². The van der Waals surface area contributed by atoms with Crippen LogP contribution in [-0.4, -0.2) is 49.3 Å². The summed E-state index contributed by atoms with van der Waals surface area (Å²) in [6, 6.07) is 13.4. The van der Waals surface area contributed by atoms with Gasteiger partial charge in [-0.3, -0.25) is 9.69 Å². The van der Waals surface area contributed by atoms with E-state index in [2.05, 4.69) is 4.90 Å². The van der Waals surface area contributed by atoms with Gasteiger partial charge < -0.3 is 19.5 Å². The number of likely N-dealkylation sites (tertiary alicyclic amines) is 1. The number of carbonyl (C=O) groups is 1. The van der Waals surface area contributed by atoms with E-state index in [-0.39, 0.29) is 23.6 Å². The molecule has 0 atom stereocenters. The van der Waals surface area contributed by atoms with E-state index < -0.39 is 0 Å². The summed E-state index contributed by atoms with van der Waals surface area (Å²) in [5, 5.41) is 10.4. The molecule has 0 saturated carbocycles. The summed E-state index contributed by atoms with van der Waals surface area (Å²) in [6.07, 6.45) is 1.75. The number of para-hydroxylation sites is 1. The molecule has 1 fully saturated rings. The minimum Gasteiger partial charge on any atom is -0.504 e. The standard InChI is InChI=1S/C24H32N2O4/c1-17(2)24(28)26(20-8-6-9-21(15-20)29-3)19-11-13-25(14-12-19)16-18-7-5-10-22(30-4)23(18)27/h5-10,15,17,19,27H,11-14,16H2,1-4H3. The molecule has 6 nitrogen and oxygen atoms in total. The number of methoxy groups -OCH3 is 2. The molecular formula is C24H32N2O4. The molecule has 0 unspecified atom stereocenters. The first-order valence-electron chi connectivity index (χ1n) is 10.5. The Balaban J connectivity index is 1.72. The van der Waals surface area contributed by atoms with Gasteiger partial charge in [-0.2, -0.15) is 0 Å². The summed E-state index contributed by atoms with van der Waals surface area (Å²) < 4.78 is 10.6. The Morgan fingerprint density at radius 1 is 1.13 bits per heavy atom. The number of hydrogen-bond donors (Lipinski definition) is 1. The highest BCUT2D eigenvalue weighted by molar-refractivity contribution is 5.95. The molecule has 1 amide bonds. The number of hydrogen-bond acceptors (Lipinski definition) is 5. The molecule has 0 aliphatic carbocycles. The SMILES string of the molecule is COc1cccc(N(C(=O)C(C)C)C2CCN(Cc3cccc(OC)c3O)CC2)c1. The highest BCUT2D eigenvalue weighted by atomic mass is 16.5. The zero-order valence-corrected chi connectivity index (χ0v) is 18.3. The lowest BCUT2D eigenvalue weighted by molar-refractivity contribution is -0.122. The van der Waals surface area contributed by atoms with Crippen LogP contribution >= 0.6 is 0 Å². The van der Waals surface area contributed by atoms with E-state index in [9.17, 15) is 9.90 Å². The predicted molar refractivity (Wildman–Crippen MR) is 118 cm³/mol. The number of amides is 1. The molecule has 0 aromatic heterocycles. The van der Waals surface area contributed by atoms with E-state index in [1.165, 1.54) is 0 Å². The van der Waals surface area contributed by atoms with Crippen molar-refractivity contribution in [2.24, 2.45) is 5.92 Å². The Kier molecular flexibility index (Phi) is 7.21. The molecule has 30 heavy (non-hydrogen) atoms. The molecule has 0 spiro atoms. The predicted octanol–water partition coefficient (Wildman–Crippen LogP) is 4.06. The fourth-order valence-electron chi connectivity index (χ4n) is 3.99. The zero-order chi connectivity index (χ0) is 21.7. The van der Waals surface area contributed by atoms with Gasteiger partial charge in [0.1, 0.15) is 5.75 Å². The van der Waals surface area contributed by atoms with Crippen LogP contribution in [0.15, 0.2) is 42.5 Å². The van der Waals surface area contributed by atoms with E-state index >= 15 is 0 Å². The van der Waals surface area contributed by atoms with Crippen molar-refractivity contribution in [3.8, 4) is 17.2 Å². The quantitative estimate of drug-likeness (QED) is 0.743. The van der Waals surface area contributed by atoms with Crippen molar-refractivity contribution in [1.29, 1.82) is 0 Å². The second-order valence-electron chi connectivity index (χ2n) is 8.04. The van der Waals surface area contributed by atoms with Crippen LogP contribution in [-0.2, 0) is 11.3 Å². The topological polar surface area (TPSA) is 62.2 Å². The number of benzene rings is 2. The normalized spacial score (nSPS) is 15.2. The highest BCUT2D eigenvalue weighted by Crippen LogP contribution is 2.32. The lowest BCUT2D eigenvalue weighted by Gasteiger charge is -2.39. The van der Waals surface area contributed by atoms with E-state index in [4.69, 9.17) is 9.47 Å². The largest absolute Gasteiger partial charge is 0.504 e. The Labute approximate surface area is 179 Å². The van der Waals surface area contributed by atoms with Crippen molar-refractivity contribution in [2.75, 3.05) is 32.2 Å². The number of carbonyl (C=O) groups excluding carboxylic acids is 1. The van der Waals surface area contributed by atoms with Gasteiger partial charge in [-0.15, -0.1) is 0 Å². The molecule has 1 saturated heterocycles. The first-order chi connectivity index (χ1) is 14.4. The van der Waals surface area contributed by atoms with Gasteiger partial charge in [0, 0.05) is 48.9 Å². The van der Waals surface area contributed by atoms with Crippen molar-refractivity contribution >= 4 is 11.6 Å². The fraction of sp³-hybridized carbons (Fsp3) is 0.458. The maximum atomic E-state index is 13.1. The van der Waals surface area contributed by atoms with Crippen LogP contribution in [0.3, 0.4) is 0 Å². The van der Waals surface area contributed by atoms with E-state index in [0.717, 1.165) is 42.9 Å². The van der Waals surface area contributed by atoms with Crippen LogP contribution in [0.2, 0.25) is 0 Å². The third kappa shape index (κ3) is 4.87. The summed E-state index contributed by atoms with van der Waals surface area (Å²) in [7, 11) is 3.20. The zero-order valence-electron chi connectivity index (χ0n) is 18.3. The third-order valence-corrected chi connectivity index (χ3v) is 5.68. The summed E-state index contributed by atoms with van der Waals surface area (Å²) in [6.45, 7) is 6.25. The first-order valence-corrected chi connectivity index (χ1v) is 10.5. The maximum Gasteiger partial charge on any atom is 0.229 e. The number of anilines is 1. The molecular weight excluding hydrogens is 380 g/mol. The summed E-state index contributed by atoms with van der Waals surface area (Å²) >= 11 is 0. The van der Waals surface area contributed by atoms with Gasteiger partial charge in [0.2, 0.25) is 5.91 Å². The van der Waals surface area contributed by atoms with E-state index in [0.29, 0.717) is 12.3 Å². The Bertz CT molecular complexity index is 860. The number of ether oxygens (including phenoxy) is 2. The van der Waals surface area contributed by atoms with Crippen molar-refractivity contribution in [1.82, 2.24) is 4.90 Å². The molecule has 2 aromatic rings. The summed E-state index contributed by atoms with van der Waals surface area (Å²) in [5.74, 6) is 1.50. The highest BCUT2D eigenvalue weighted by Gasteiger charge is 2.30. The van der Waals surface area contributed by atoms with Gasteiger partial charge in [0.05, 0.1) is 14.2 Å². The molecule has 1 aliphatic heterocycles. The minimum absolute atomic E-state index is 0.0806. The second kappa shape index (κ2) is 9.85. The smallest absolute Gasteiger partial charge is 0.229 e. The number of phenolic OH excluding ortho intramolecular Hbond substituents is 1. The average Bonchev–Trinajstić information content (AvgIpc) is 2.76. The molecule has 1 N–H and O–H groups in total. The van der Waals surface area contributed by atoms with E-state index in [1.54, 1.807) is 20.3 Å². The fourth-order valence-corrected chi connectivity index (χ4v) is 3.99. The van der Waals surface area contributed by atoms with Crippen LogP contribution in [0, 0.1) is 5.92 Å². The Morgan fingerprint density at radius 2 is 1.83 bits per heavy atom. The minimum atomic E-state index is -0.0806. The summed E-state index contributed by atoms with van der Waals surface area (Å²) in [4.78, 5) is 17.3. The number of aromatic hydroxyl groups is 1. The molecule has 3 rings (SSSR count). The second-order valence-corrected chi connectivity index (χ2v) is 8.04. The van der Waals surface area contributed by atoms with Crippen LogP contribution in [0.25, 0.3) is 0 Å². The Hall–Kier alpha value is -2.73. The lowest BCUT2D eigenvalue weighted by atomic mass is 9.99. The van der Waals surface area contributed by atoms with Crippen LogP contribution < -0.4 is 14.4 Å². The third-order valence-electron chi connectivity index (χ3n) is 5.68. The van der Waals surface area contributed by atoms with Crippen molar-refractivity contribution in [3.63, 3.8) is 0 Å². The molecule has 1 aliphatic rings. The molecule has 162 valence electrons. The number of nitrogens with zero attached hydrogens (tertiary/aromatic N) is 2. The molecule has 6 heteroatoms. The van der Waals surface area contributed by atoms with Crippen LogP contribution in [0.5, 0.6) is 17.2 Å². The monoisotopic (exact) mass is 412 g/mol. The lowest BCUT2D eigenvalue weighted by Crippen LogP contribution is -2.48. The van der Waals surface area contributed by atoms with Gasteiger partial charge >= 0.3 is 0 Å². The first kappa shape index (κ1) is 22.0. The van der Waals surface area contributed by atoms with Gasteiger partial charge in [-0.1, -0.05) is 32.0 Å². The molecule has 0 radical (unpaired) electrons. The van der Waals surface area contributed by atoms with Crippen molar-refractivity contribution in [2.45, 2.75) is 39.3 Å². The van der Waals surface area contributed by atoms with Crippen LogP contribution in [0.1, 0.15) is 32.3 Å². The molecule has 2 aromatic carbocycles. The van der Waals surface area contributed by atoms with E-state index in [1.807, 2.05) is 55.1 Å². The Morgan fingerprint density at radius 3 is 2.47 bits per heavy atom. The number of rotatable bonds is 7. The molecule has 1 heterocycles. The van der Waals surface area contributed by atoms with Gasteiger partial charge in [0.25, 0.3) is 0 Å². The molecule has 0 bridgehead atoms. The average molecular weight is 413 g/mol. The number of phenols is 1.